The lowest BCUT2D eigenvalue weighted by Gasteiger charge is -2.12. The van der Waals surface area contributed by atoms with Gasteiger partial charge in [-0.05, 0) is 55.3 Å². The minimum atomic E-state index is -3.76. The van der Waals surface area contributed by atoms with Crippen LogP contribution >= 0.6 is 0 Å². The molecule has 0 saturated carbocycles. The molecule has 0 fully saturated rings. The maximum atomic E-state index is 12.8. The van der Waals surface area contributed by atoms with E-state index in [2.05, 4.69) is 22.3 Å². The molecule has 0 bridgehead atoms. The van der Waals surface area contributed by atoms with Crippen LogP contribution in [0.3, 0.4) is 0 Å². The van der Waals surface area contributed by atoms with Gasteiger partial charge in [-0.3, -0.25) is 4.72 Å². The quantitative estimate of drug-likeness (QED) is 0.389. The van der Waals surface area contributed by atoms with E-state index in [1.165, 1.54) is 26.4 Å². The number of methoxy groups -OCH3 is 2. The summed E-state index contributed by atoms with van der Waals surface area (Å²) in [6.07, 6.45) is 1.62. The van der Waals surface area contributed by atoms with Gasteiger partial charge in [-0.2, -0.15) is 0 Å². The lowest BCUT2D eigenvalue weighted by Crippen LogP contribution is -2.13. The molecule has 0 amide bonds. The van der Waals surface area contributed by atoms with Gasteiger partial charge in [-0.1, -0.05) is 24.3 Å². The summed E-state index contributed by atoms with van der Waals surface area (Å²) in [5.41, 5.74) is 3.76. The van der Waals surface area contributed by atoms with Crippen molar-refractivity contribution in [1.82, 2.24) is 9.55 Å². The summed E-state index contributed by atoms with van der Waals surface area (Å²) < 4.78 is 40.8. The number of benzene rings is 3. The summed E-state index contributed by atoms with van der Waals surface area (Å²) in [7, 11) is -0.790. The maximum absolute atomic E-state index is 12.8. The van der Waals surface area contributed by atoms with E-state index in [9.17, 15) is 8.42 Å². The molecule has 1 heterocycles. The molecule has 0 aliphatic carbocycles. The van der Waals surface area contributed by atoms with Gasteiger partial charge in [-0.15, -0.1) is 0 Å². The van der Waals surface area contributed by atoms with E-state index < -0.39 is 10.0 Å². The number of ether oxygens (including phenoxy) is 2. The van der Waals surface area contributed by atoms with E-state index in [0.29, 0.717) is 17.2 Å². The summed E-state index contributed by atoms with van der Waals surface area (Å²) in [5, 5.41) is 0. The van der Waals surface area contributed by atoms with Gasteiger partial charge < -0.3 is 14.0 Å². The van der Waals surface area contributed by atoms with Crippen molar-refractivity contribution >= 4 is 26.7 Å². The molecular formula is C25H27N3O4S. The van der Waals surface area contributed by atoms with E-state index in [0.717, 1.165) is 41.8 Å². The van der Waals surface area contributed by atoms with Gasteiger partial charge >= 0.3 is 0 Å². The molecule has 1 aromatic heterocycles. The molecule has 4 rings (SSSR count). The average Bonchev–Trinajstić information content (AvgIpc) is 3.20. The Labute approximate surface area is 194 Å². The summed E-state index contributed by atoms with van der Waals surface area (Å²) >= 11 is 0. The molecule has 3 aromatic carbocycles. The van der Waals surface area contributed by atoms with Crippen molar-refractivity contribution in [3.05, 3.63) is 78.1 Å². The van der Waals surface area contributed by atoms with Gasteiger partial charge in [0.05, 0.1) is 30.1 Å². The predicted octanol–water partition coefficient (Wildman–Crippen LogP) is 4.66. The fourth-order valence-electron chi connectivity index (χ4n) is 3.86. The SMILES string of the molecule is CCn1c(CCc2ccc(NS(=O)(=O)c3ccc(OC)c(OC)c3)cc2)nc2ccccc21. The number of aryl methyl sites for hydroxylation is 3. The Morgan fingerprint density at radius 1 is 0.909 bits per heavy atom. The van der Waals surface area contributed by atoms with Crippen molar-refractivity contribution in [1.29, 1.82) is 0 Å². The van der Waals surface area contributed by atoms with Crippen molar-refractivity contribution in [3.8, 4) is 11.5 Å². The highest BCUT2D eigenvalue weighted by molar-refractivity contribution is 7.92. The summed E-state index contributed by atoms with van der Waals surface area (Å²) in [5.74, 6) is 1.88. The van der Waals surface area contributed by atoms with Crippen molar-refractivity contribution in [3.63, 3.8) is 0 Å². The number of nitrogens with zero attached hydrogens (tertiary/aromatic N) is 2. The largest absolute Gasteiger partial charge is 0.493 e. The molecule has 0 aliphatic heterocycles. The minimum absolute atomic E-state index is 0.0997. The Hall–Kier alpha value is -3.52. The van der Waals surface area contributed by atoms with Gasteiger partial charge in [0.15, 0.2) is 11.5 Å². The second-order valence-corrected chi connectivity index (χ2v) is 9.26. The molecule has 0 atom stereocenters. The van der Waals surface area contributed by atoms with E-state index in [1.54, 1.807) is 18.2 Å². The van der Waals surface area contributed by atoms with Crippen molar-refractivity contribution in [2.75, 3.05) is 18.9 Å². The lowest BCUT2D eigenvalue weighted by molar-refractivity contribution is 0.354. The number of hydrogen-bond acceptors (Lipinski definition) is 5. The van der Waals surface area contributed by atoms with Crippen LogP contribution in [0.2, 0.25) is 0 Å². The Kier molecular flexibility index (Phi) is 6.55. The monoisotopic (exact) mass is 465 g/mol. The molecule has 0 spiro atoms. The molecule has 0 saturated heterocycles. The van der Waals surface area contributed by atoms with E-state index in [1.807, 2.05) is 30.3 Å². The van der Waals surface area contributed by atoms with Crippen LogP contribution < -0.4 is 14.2 Å². The molecule has 1 N–H and O–H groups in total. The van der Waals surface area contributed by atoms with E-state index in [-0.39, 0.29) is 4.90 Å². The number of rotatable bonds is 9. The third kappa shape index (κ3) is 4.80. The van der Waals surface area contributed by atoms with Crippen LogP contribution in [0.15, 0.2) is 71.6 Å². The summed E-state index contributed by atoms with van der Waals surface area (Å²) in [6, 6.07) is 20.1. The maximum Gasteiger partial charge on any atom is 0.262 e. The highest BCUT2D eigenvalue weighted by atomic mass is 32.2. The molecule has 0 radical (unpaired) electrons. The fourth-order valence-corrected chi connectivity index (χ4v) is 4.94. The van der Waals surface area contributed by atoms with Crippen LogP contribution in [-0.4, -0.2) is 32.2 Å². The summed E-state index contributed by atoms with van der Waals surface area (Å²) in [4.78, 5) is 4.88. The van der Waals surface area contributed by atoms with Crippen LogP contribution in [0.5, 0.6) is 11.5 Å². The number of fused-ring (bicyclic) bond motifs is 1. The zero-order chi connectivity index (χ0) is 23.4. The molecule has 8 heteroatoms. The fraction of sp³-hybridized carbons (Fsp3) is 0.240. The first kappa shape index (κ1) is 22.7. The molecular weight excluding hydrogens is 438 g/mol. The number of anilines is 1. The zero-order valence-electron chi connectivity index (χ0n) is 18.9. The van der Waals surface area contributed by atoms with Gasteiger partial charge in [-0.25, -0.2) is 13.4 Å². The first-order valence-electron chi connectivity index (χ1n) is 10.7. The topological polar surface area (TPSA) is 82.5 Å². The number of nitrogens with one attached hydrogen (secondary N) is 1. The Balaban J connectivity index is 1.45. The zero-order valence-corrected chi connectivity index (χ0v) is 19.7. The number of para-hydroxylation sites is 2. The standard InChI is InChI=1S/C25H27N3O4S/c1-4-28-22-8-6-5-7-21(22)26-25(28)16-11-18-9-12-19(13-10-18)27-33(29,30)20-14-15-23(31-2)24(17-20)32-3/h5-10,12-15,17,27H,4,11,16H2,1-3H3. The molecule has 7 nitrogen and oxygen atoms in total. The molecule has 0 unspecified atom stereocenters. The van der Waals surface area contributed by atoms with Crippen LogP contribution in [-0.2, 0) is 29.4 Å². The summed E-state index contributed by atoms with van der Waals surface area (Å²) in [6.45, 7) is 2.99. The first-order valence-corrected chi connectivity index (χ1v) is 12.2. The Bertz CT molecular complexity index is 1360. The Morgan fingerprint density at radius 2 is 1.64 bits per heavy atom. The highest BCUT2D eigenvalue weighted by Crippen LogP contribution is 2.30. The lowest BCUT2D eigenvalue weighted by atomic mass is 10.1. The average molecular weight is 466 g/mol. The number of aromatic nitrogens is 2. The number of sulfonamides is 1. The smallest absolute Gasteiger partial charge is 0.262 e. The van der Waals surface area contributed by atoms with Crippen molar-refractivity contribution in [2.45, 2.75) is 31.2 Å². The molecule has 172 valence electrons. The highest BCUT2D eigenvalue weighted by Gasteiger charge is 2.17. The van der Waals surface area contributed by atoms with Crippen molar-refractivity contribution < 1.29 is 17.9 Å². The third-order valence-corrected chi connectivity index (χ3v) is 6.94. The van der Waals surface area contributed by atoms with E-state index >= 15 is 0 Å². The van der Waals surface area contributed by atoms with E-state index in [4.69, 9.17) is 14.5 Å². The molecule has 33 heavy (non-hydrogen) atoms. The second kappa shape index (κ2) is 9.54. The first-order chi connectivity index (χ1) is 15.9. The second-order valence-electron chi connectivity index (χ2n) is 7.58. The van der Waals surface area contributed by atoms with Gasteiger partial charge in [0.2, 0.25) is 0 Å². The minimum Gasteiger partial charge on any atom is -0.493 e. The number of imidazole rings is 1. The van der Waals surface area contributed by atoms with Crippen LogP contribution in [0, 0.1) is 0 Å². The third-order valence-electron chi connectivity index (χ3n) is 5.56. The van der Waals surface area contributed by atoms with Crippen LogP contribution in [0.1, 0.15) is 18.3 Å². The van der Waals surface area contributed by atoms with Crippen LogP contribution in [0.4, 0.5) is 5.69 Å². The molecule has 0 aliphatic rings. The Morgan fingerprint density at radius 3 is 2.33 bits per heavy atom. The van der Waals surface area contributed by atoms with Gasteiger partial charge in [0.1, 0.15) is 5.82 Å². The van der Waals surface area contributed by atoms with Crippen molar-refractivity contribution in [2.24, 2.45) is 0 Å². The predicted molar refractivity (Wildman–Crippen MR) is 130 cm³/mol. The molecule has 4 aromatic rings. The number of hydrogen-bond donors (Lipinski definition) is 1. The normalized spacial score (nSPS) is 11.5. The van der Waals surface area contributed by atoms with Crippen LogP contribution in [0.25, 0.3) is 11.0 Å². The van der Waals surface area contributed by atoms with Gasteiger partial charge in [0, 0.05) is 24.7 Å². The van der Waals surface area contributed by atoms with Gasteiger partial charge in [0.25, 0.3) is 10.0 Å².